The van der Waals surface area contributed by atoms with Crippen molar-refractivity contribution in [3.8, 4) is 28.9 Å². The number of aromatic nitrogens is 4. The van der Waals surface area contributed by atoms with Gasteiger partial charge < -0.3 is 10.5 Å². The Balaban J connectivity index is 1.98. The van der Waals surface area contributed by atoms with Crippen LogP contribution in [-0.2, 0) is 4.79 Å². The van der Waals surface area contributed by atoms with E-state index in [1.54, 1.807) is 12.4 Å². The lowest BCUT2D eigenvalue weighted by atomic mass is 10.2. The maximum Gasteiger partial charge on any atom is 0.196 e. The highest BCUT2D eigenvalue weighted by atomic mass is 32.2. The molecule has 2 aromatic heterocycles. The predicted octanol–water partition coefficient (Wildman–Crippen LogP) is 3.15. The lowest BCUT2D eigenvalue weighted by molar-refractivity contribution is -0.112. The van der Waals surface area contributed by atoms with Crippen LogP contribution in [0.25, 0.3) is 17.1 Å². The number of nitrogens with two attached hydrogens (primary N) is 1. The fourth-order valence-corrected chi connectivity index (χ4v) is 3.53. The maximum absolute atomic E-state index is 12.4. The first kappa shape index (κ1) is 21.1. The first-order valence-corrected chi connectivity index (χ1v) is 10.1. The quantitative estimate of drug-likeness (QED) is 0.335. The van der Waals surface area contributed by atoms with E-state index in [4.69, 9.17) is 15.7 Å². The van der Waals surface area contributed by atoms with Gasteiger partial charge in [-0.2, -0.15) is 5.26 Å². The molecule has 0 unspecified atom stereocenters. The highest BCUT2D eigenvalue weighted by Crippen LogP contribution is 2.29. The van der Waals surface area contributed by atoms with Gasteiger partial charge in [-0.1, -0.05) is 11.8 Å². The van der Waals surface area contributed by atoms with Crippen LogP contribution < -0.4 is 10.5 Å². The number of hydrogen-bond acceptors (Lipinski definition) is 8. The molecule has 0 saturated carbocycles. The summed E-state index contributed by atoms with van der Waals surface area (Å²) in [6.07, 6.45) is 3.38. The topological polar surface area (TPSA) is 120 Å². The standard InChI is InChI=1S/C21H20N6O2S/c1-3-29-17-8-6-16(7-9-17)27-20(15-5-4-10-24-12-15)25-26-21(27)30-13-19(28)18(11-22)14(2)23/h4-10,12H,3,13,23H2,1-2H3/b18-14-. The third kappa shape index (κ3) is 4.67. The van der Waals surface area contributed by atoms with Crippen LogP contribution in [0.1, 0.15) is 13.8 Å². The zero-order valence-electron chi connectivity index (χ0n) is 16.6. The summed E-state index contributed by atoms with van der Waals surface area (Å²) in [6.45, 7) is 4.03. The van der Waals surface area contributed by atoms with Crippen molar-refractivity contribution in [2.45, 2.75) is 19.0 Å². The van der Waals surface area contributed by atoms with Crippen LogP contribution in [0.2, 0.25) is 0 Å². The average molecular weight is 420 g/mol. The third-order valence-electron chi connectivity index (χ3n) is 4.08. The Morgan fingerprint density at radius 3 is 2.63 bits per heavy atom. The molecule has 3 rings (SSSR count). The van der Waals surface area contributed by atoms with Gasteiger partial charge in [-0.3, -0.25) is 14.3 Å². The summed E-state index contributed by atoms with van der Waals surface area (Å²) < 4.78 is 7.36. The Kier molecular flexibility index (Phi) is 6.83. The van der Waals surface area contributed by atoms with Crippen molar-refractivity contribution in [1.29, 1.82) is 5.26 Å². The summed E-state index contributed by atoms with van der Waals surface area (Å²) in [5.74, 6) is 1.00. The molecule has 0 amide bonds. The third-order valence-corrected chi connectivity index (χ3v) is 5.01. The molecule has 152 valence electrons. The first-order valence-electron chi connectivity index (χ1n) is 9.16. The molecule has 9 heteroatoms. The van der Waals surface area contributed by atoms with Crippen molar-refractivity contribution in [3.63, 3.8) is 0 Å². The highest BCUT2D eigenvalue weighted by Gasteiger charge is 2.19. The number of nitrogens with zero attached hydrogens (tertiary/aromatic N) is 5. The Morgan fingerprint density at radius 1 is 1.27 bits per heavy atom. The molecule has 0 spiro atoms. The normalized spacial score (nSPS) is 11.5. The smallest absolute Gasteiger partial charge is 0.196 e. The van der Waals surface area contributed by atoms with E-state index in [1.807, 2.05) is 54.0 Å². The molecule has 0 radical (unpaired) electrons. The van der Waals surface area contributed by atoms with Gasteiger partial charge in [-0.25, -0.2) is 0 Å². The highest BCUT2D eigenvalue weighted by molar-refractivity contribution is 7.99. The summed E-state index contributed by atoms with van der Waals surface area (Å²) in [5, 5.41) is 18.2. The SMILES string of the molecule is CCOc1ccc(-n2c(SCC(=O)/C(C#N)=C(/C)N)nnc2-c2cccnc2)cc1. The molecule has 30 heavy (non-hydrogen) atoms. The number of ketones is 1. The van der Waals surface area contributed by atoms with Crippen molar-refractivity contribution < 1.29 is 9.53 Å². The minimum atomic E-state index is -0.355. The Hall–Kier alpha value is -3.64. The van der Waals surface area contributed by atoms with E-state index >= 15 is 0 Å². The molecular formula is C21H20N6O2S. The van der Waals surface area contributed by atoms with Crippen LogP contribution >= 0.6 is 11.8 Å². The second kappa shape index (κ2) is 9.71. The molecule has 0 aliphatic heterocycles. The van der Waals surface area contributed by atoms with Gasteiger partial charge in [0.05, 0.1) is 12.4 Å². The first-order chi connectivity index (χ1) is 14.5. The summed E-state index contributed by atoms with van der Waals surface area (Å²) in [5.41, 5.74) is 7.39. The van der Waals surface area contributed by atoms with E-state index < -0.39 is 0 Å². The maximum atomic E-state index is 12.4. The summed E-state index contributed by atoms with van der Waals surface area (Å²) in [6, 6.07) is 13.1. The van der Waals surface area contributed by atoms with E-state index in [9.17, 15) is 4.79 Å². The van der Waals surface area contributed by atoms with Gasteiger partial charge >= 0.3 is 0 Å². The summed E-state index contributed by atoms with van der Waals surface area (Å²) in [7, 11) is 0. The Bertz CT molecular complexity index is 1100. The molecule has 3 aromatic rings. The molecular weight excluding hydrogens is 400 g/mol. The van der Waals surface area contributed by atoms with E-state index in [0.29, 0.717) is 17.6 Å². The predicted molar refractivity (Wildman–Crippen MR) is 114 cm³/mol. The van der Waals surface area contributed by atoms with Gasteiger partial charge in [-0.05, 0) is 50.2 Å². The zero-order chi connectivity index (χ0) is 21.5. The van der Waals surface area contributed by atoms with Gasteiger partial charge in [-0.15, -0.1) is 10.2 Å². The van der Waals surface area contributed by atoms with E-state index in [-0.39, 0.29) is 22.8 Å². The number of pyridine rings is 1. The number of benzene rings is 1. The van der Waals surface area contributed by atoms with Crippen molar-refractivity contribution >= 4 is 17.5 Å². The zero-order valence-corrected chi connectivity index (χ0v) is 17.4. The molecule has 2 N–H and O–H groups in total. The minimum Gasteiger partial charge on any atom is -0.494 e. The number of ether oxygens (including phenoxy) is 1. The molecule has 0 fully saturated rings. The van der Waals surface area contributed by atoms with E-state index in [2.05, 4.69) is 15.2 Å². The van der Waals surface area contributed by atoms with Crippen molar-refractivity contribution in [2.75, 3.05) is 12.4 Å². The number of Topliss-reactive ketones (excluding diaryl/α,β-unsaturated/α-hetero) is 1. The van der Waals surface area contributed by atoms with Crippen molar-refractivity contribution in [1.82, 2.24) is 19.7 Å². The Morgan fingerprint density at radius 2 is 2.03 bits per heavy atom. The molecule has 0 bridgehead atoms. The van der Waals surface area contributed by atoms with Gasteiger partial charge in [0, 0.05) is 29.3 Å². The average Bonchev–Trinajstić information content (AvgIpc) is 3.18. The number of hydrogen-bond donors (Lipinski definition) is 1. The number of nitriles is 1. The van der Waals surface area contributed by atoms with Crippen LogP contribution in [0.4, 0.5) is 0 Å². The second-order valence-corrected chi connectivity index (χ2v) is 7.13. The van der Waals surface area contributed by atoms with Gasteiger partial charge in [0.1, 0.15) is 17.4 Å². The fourth-order valence-electron chi connectivity index (χ4n) is 2.71. The van der Waals surface area contributed by atoms with Gasteiger partial charge in [0.2, 0.25) is 0 Å². The molecule has 1 aromatic carbocycles. The Labute approximate surface area is 178 Å². The molecule has 0 aliphatic rings. The lowest BCUT2D eigenvalue weighted by Crippen LogP contribution is -2.11. The van der Waals surface area contributed by atoms with Crippen molar-refractivity contribution in [3.05, 3.63) is 60.1 Å². The van der Waals surface area contributed by atoms with Crippen LogP contribution in [0.3, 0.4) is 0 Å². The molecule has 8 nitrogen and oxygen atoms in total. The van der Waals surface area contributed by atoms with Crippen LogP contribution in [-0.4, -0.2) is 37.9 Å². The van der Waals surface area contributed by atoms with Crippen LogP contribution in [0.15, 0.2) is 65.2 Å². The van der Waals surface area contributed by atoms with E-state index in [1.165, 1.54) is 18.7 Å². The number of rotatable bonds is 8. The van der Waals surface area contributed by atoms with Gasteiger partial charge in [0.15, 0.2) is 16.8 Å². The monoisotopic (exact) mass is 420 g/mol. The fraction of sp³-hybridized carbons (Fsp3) is 0.190. The largest absolute Gasteiger partial charge is 0.494 e. The van der Waals surface area contributed by atoms with Gasteiger partial charge in [0.25, 0.3) is 0 Å². The number of carbonyl (C=O) groups is 1. The van der Waals surface area contributed by atoms with Crippen LogP contribution in [0.5, 0.6) is 5.75 Å². The number of thioether (sulfide) groups is 1. The molecule has 0 saturated heterocycles. The van der Waals surface area contributed by atoms with Crippen molar-refractivity contribution in [2.24, 2.45) is 5.73 Å². The minimum absolute atomic E-state index is 0.0135. The second-order valence-electron chi connectivity index (χ2n) is 6.19. The summed E-state index contributed by atoms with van der Waals surface area (Å²) in [4.78, 5) is 16.5. The molecule has 0 atom stereocenters. The molecule has 2 heterocycles. The lowest BCUT2D eigenvalue weighted by Gasteiger charge is -2.11. The number of carbonyl (C=O) groups excluding carboxylic acids is 1. The van der Waals surface area contributed by atoms with Crippen LogP contribution in [0, 0.1) is 11.3 Å². The summed E-state index contributed by atoms with van der Waals surface area (Å²) >= 11 is 1.19. The molecule has 0 aliphatic carbocycles. The van der Waals surface area contributed by atoms with E-state index in [0.717, 1.165) is 17.0 Å². The number of allylic oxidation sites excluding steroid dienone is 2.